The molecule has 3 aromatic rings. The maximum atomic E-state index is 12.0. The van der Waals surface area contributed by atoms with Crippen LogP contribution in [-0.4, -0.2) is 18.7 Å². The van der Waals surface area contributed by atoms with Crippen molar-refractivity contribution in [3.05, 3.63) is 92.9 Å². The van der Waals surface area contributed by atoms with E-state index in [9.17, 15) is 4.79 Å². The number of aryl methyl sites for hydroxylation is 1. The number of nitrogens with one attached hydrogen (secondary N) is 1. The zero-order valence-electron chi connectivity index (χ0n) is 18.4. The average Bonchev–Trinajstić information content (AvgIpc) is 2.83. The number of nitrogens with zero attached hydrogens (tertiary/aromatic N) is 1. The van der Waals surface area contributed by atoms with Gasteiger partial charge in [-0.2, -0.15) is 5.10 Å². The molecule has 0 radical (unpaired) electrons. The second-order valence-corrected chi connectivity index (χ2v) is 8.57. The molecule has 0 atom stereocenters. The predicted molar refractivity (Wildman–Crippen MR) is 136 cm³/mol. The maximum absolute atomic E-state index is 12.0. The van der Waals surface area contributed by atoms with Crippen LogP contribution in [0.3, 0.4) is 0 Å². The van der Waals surface area contributed by atoms with E-state index in [1.807, 2.05) is 66.7 Å². The SMILES string of the molecule is CCc1ccc(OCCCC(=O)N/N=C/c2ccc(OCc3ccccc3Cl)cc2)c(Br)c1. The van der Waals surface area contributed by atoms with Crippen molar-refractivity contribution in [3.8, 4) is 11.5 Å². The van der Waals surface area contributed by atoms with Crippen molar-refractivity contribution in [2.75, 3.05) is 6.61 Å². The zero-order chi connectivity index (χ0) is 23.5. The Kier molecular flexibility index (Phi) is 9.78. The van der Waals surface area contributed by atoms with Crippen molar-refractivity contribution < 1.29 is 14.3 Å². The van der Waals surface area contributed by atoms with Crippen molar-refractivity contribution in [2.45, 2.75) is 32.8 Å². The molecule has 0 saturated heterocycles. The van der Waals surface area contributed by atoms with Gasteiger partial charge in [0.25, 0.3) is 0 Å². The molecule has 33 heavy (non-hydrogen) atoms. The van der Waals surface area contributed by atoms with E-state index in [1.165, 1.54) is 5.56 Å². The molecule has 3 rings (SSSR count). The summed E-state index contributed by atoms with van der Waals surface area (Å²) in [5.74, 6) is 1.35. The van der Waals surface area contributed by atoms with Crippen LogP contribution in [0.25, 0.3) is 0 Å². The van der Waals surface area contributed by atoms with E-state index >= 15 is 0 Å². The molecular weight excluding hydrogens is 504 g/mol. The van der Waals surface area contributed by atoms with Gasteiger partial charge in [-0.15, -0.1) is 0 Å². The molecule has 0 aliphatic rings. The summed E-state index contributed by atoms with van der Waals surface area (Å²) in [6, 6.07) is 21.1. The molecule has 0 saturated carbocycles. The first-order chi connectivity index (χ1) is 16.0. The van der Waals surface area contributed by atoms with Gasteiger partial charge in [0.2, 0.25) is 5.91 Å². The third-order valence-corrected chi connectivity index (χ3v) is 5.83. The van der Waals surface area contributed by atoms with Gasteiger partial charge in [-0.1, -0.05) is 42.8 Å². The van der Waals surface area contributed by atoms with E-state index in [-0.39, 0.29) is 5.91 Å². The van der Waals surface area contributed by atoms with E-state index in [2.05, 4.69) is 33.4 Å². The van der Waals surface area contributed by atoms with Gasteiger partial charge in [-0.3, -0.25) is 4.79 Å². The smallest absolute Gasteiger partial charge is 0.240 e. The van der Waals surface area contributed by atoms with Crippen LogP contribution in [0.15, 0.2) is 76.3 Å². The van der Waals surface area contributed by atoms with Gasteiger partial charge in [-0.05, 0) is 82.4 Å². The highest BCUT2D eigenvalue weighted by molar-refractivity contribution is 9.10. The summed E-state index contributed by atoms with van der Waals surface area (Å²) < 4.78 is 12.4. The largest absolute Gasteiger partial charge is 0.492 e. The van der Waals surface area contributed by atoms with Crippen LogP contribution in [-0.2, 0) is 17.8 Å². The number of hydrazone groups is 1. The lowest BCUT2D eigenvalue weighted by molar-refractivity contribution is -0.121. The van der Waals surface area contributed by atoms with E-state index in [1.54, 1.807) is 6.21 Å². The average molecular weight is 530 g/mol. The monoisotopic (exact) mass is 528 g/mol. The predicted octanol–water partition coefficient (Wildman–Crippen LogP) is 6.55. The molecule has 0 aromatic heterocycles. The number of carbonyl (C=O) groups is 1. The minimum Gasteiger partial charge on any atom is -0.492 e. The van der Waals surface area contributed by atoms with Gasteiger partial charge >= 0.3 is 0 Å². The summed E-state index contributed by atoms with van der Waals surface area (Å²) in [5, 5.41) is 4.70. The Morgan fingerprint density at radius 3 is 2.61 bits per heavy atom. The summed E-state index contributed by atoms with van der Waals surface area (Å²) in [6.45, 7) is 2.96. The molecule has 0 unspecified atom stereocenters. The fourth-order valence-electron chi connectivity index (χ4n) is 2.96. The summed E-state index contributed by atoms with van der Waals surface area (Å²) in [4.78, 5) is 12.0. The number of ether oxygens (including phenoxy) is 2. The van der Waals surface area contributed by atoms with Crippen molar-refractivity contribution in [2.24, 2.45) is 5.10 Å². The van der Waals surface area contributed by atoms with Crippen LogP contribution < -0.4 is 14.9 Å². The highest BCUT2D eigenvalue weighted by atomic mass is 79.9. The van der Waals surface area contributed by atoms with Gasteiger partial charge in [-0.25, -0.2) is 5.43 Å². The topological polar surface area (TPSA) is 59.9 Å². The number of carbonyl (C=O) groups excluding carboxylic acids is 1. The second kappa shape index (κ2) is 13.0. The van der Waals surface area contributed by atoms with E-state index in [0.29, 0.717) is 31.1 Å². The Hall–Kier alpha value is -2.83. The quantitative estimate of drug-likeness (QED) is 0.174. The molecule has 5 nitrogen and oxygen atoms in total. The number of hydrogen-bond donors (Lipinski definition) is 1. The summed E-state index contributed by atoms with van der Waals surface area (Å²) >= 11 is 9.66. The maximum Gasteiger partial charge on any atom is 0.240 e. The van der Waals surface area contributed by atoms with E-state index < -0.39 is 0 Å². The van der Waals surface area contributed by atoms with Gasteiger partial charge in [0.15, 0.2) is 0 Å². The van der Waals surface area contributed by atoms with Gasteiger partial charge in [0.1, 0.15) is 18.1 Å². The van der Waals surface area contributed by atoms with Crippen LogP contribution in [0.5, 0.6) is 11.5 Å². The fraction of sp³-hybridized carbons (Fsp3) is 0.231. The molecule has 0 heterocycles. The lowest BCUT2D eigenvalue weighted by Crippen LogP contribution is -2.18. The van der Waals surface area contributed by atoms with Crippen LogP contribution in [0.4, 0.5) is 0 Å². The first kappa shape index (κ1) is 24.8. The molecule has 1 amide bonds. The molecule has 172 valence electrons. The molecule has 0 spiro atoms. The Labute approximate surface area is 207 Å². The molecule has 0 bridgehead atoms. The molecule has 0 aliphatic carbocycles. The number of benzene rings is 3. The summed E-state index contributed by atoms with van der Waals surface area (Å²) in [6.07, 6.45) is 3.50. The molecular formula is C26H26BrClN2O3. The fourth-order valence-corrected chi connectivity index (χ4v) is 3.69. The molecule has 1 N–H and O–H groups in total. The Bertz CT molecular complexity index is 1090. The molecule has 3 aromatic carbocycles. The highest BCUT2D eigenvalue weighted by Gasteiger charge is 2.04. The van der Waals surface area contributed by atoms with Crippen molar-refractivity contribution in [3.63, 3.8) is 0 Å². The zero-order valence-corrected chi connectivity index (χ0v) is 20.7. The third-order valence-electron chi connectivity index (χ3n) is 4.85. The lowest BCUT2D eigenvalue weighted by Gasteiger charge is -2.09. The van der Waals surface area contributed by atoms with Crippen LogP contribution in [0.1, 0.15) is 36.5 Å². The van der Waals surface area contributed by atoms with E-state index in [4.69, 9.17) is 21.1 Å². The van der Waals surface area contributed by atoms with Crippen LogP contribution in [0.2, 0.25) is 5.02 Å². The van der Waals surface area contributed by atoms with Crippen molar-refractivity contribution in [1.82, 2.24) is 5.43 Å². The first-order valence-corrected chi connectivity index (χ1v) is 11.9. The van der Waals surface area contributed by atoms with Gasteiger partial charge in [0, 0.05) is 17.0 Å². The first-order valence-electron chi connectivity index (χ1n) is 10.7. The van der Waals surface area contributed by atoms with Crippen LogP contribution in [0, 0.1) is 0 Å². The van der Waals surface area contributed by atoms with Gasteiger partial charge < -0.3 is 9.47 Å². The number of halogens is 2. The van der Waals surface area contributed by atoms with Crippen LogP contribution >= 0.6 is 27.5 Å². The Balaban J connectivity index is 1.35. The third kappa shape index (κ3) is 8.22. The molecule has 0 fully saturated rings. The number of rotatable bonds is 11. The number of amides is 1. The van der Waals surface area contributed by atoms with E-state index in [0.717, 1.165) is 33.5 Å². The van der Waals surface area contributed by atoms with Crippen molar-refractivity contribution >= 4 is 39.7 Å². The highest BCUT2D eigenvalue weighted by Crippen LogP contribution is 2.26. The standard InChI is InChI=1S/C26H26BrClN2O3/c1-2-19-11-14-25(23(27)16-19)32-15-5-8-26(31)30-29-17-20-9-12-22(13-10-20)33-18-21-6-3-4-7-24(21)28/h3-4,6-7,9-14,16-17H,2,5,8,15,18H2,1H3,(H,30,31)/b29-17+. The number of hydrogen-bond acceptors (Lipinski definition) is 4. The second-order valence-electron chi connectivity index (χ2n) is 7.31. The molecule has 0 aliphatic heterocycles. The normalized spacial score (nSPS) is 10.9. The Morgan fingerprint density at radius 2 is 1.88 bits per heavy atom. The lowest BCUT2D eigenvalue weighted by atomic mass is 10.2. The Morgan fingerprint density at radius 1 is 1.09 bits per heavy atom. The summed E-state index contributed by atoms with van der Waals surface area (Å²) in [5.41, 5.74) is 5.57. The minimum absolute atomic E-state index is 0.157. The van der Waals surface area contributed by atoms with Gasteiger partial charge in [0.05, 0.1) is 17.3 Å². The molecule has 7 heteroatoms. The summed E-state index contributed by atoms with van der Waals surface area (Å²) in [7, 11) is 0. The minimum atomic E-state index is -0.157. The van der Waals surface area contributed by atoms with Crippen molar-refractivity contribution in [1.29, 1.82) is 0 Å².